The van der Waals surface area contributed by atoms with Crippen molar-refractivity contribution >= 4 is 0 Å². The van der Waals surface area contributed by atoms with Crippen LogP contribution in [0.15, 0.2) is 12.8 Å². The van der Waals surface area contributed by atoms with E-state index in [1.165, 1.54) is 128 Å². The molecule has 150 valence electrons. The van der Waals surface area contributed by atoms with E-state index in [0.29, 0.717) is 0 Å². The Morgan fingerprint density at radius 2 is 0.760 bits per heavy atom. The third kappa shape index (κ3) is 23.5. The Morgan fingerprint density at radius 1 is 0.480 bits per heavy atom. The van der Waals surface area contributed by atoms with E-state index in [1.807, 2.05) is 0 Å². The number of ether oxygens (including phenoxy) is 1. The minimum atomic E-state index is 0.850. The zero-order valence-corrected chi connectivity index (χ0v) is 17.5. The summed E-state index contributed by atoms with van der Waals surface area (Å²) in [6.07, 6.45) is 30.2. The maximum Gasteiger partial charge on any atom is 0.0873 e. The Labute approximate surface area is 160 Å². The predicted octanol–water partition coefficient (Wildman–Crippen LogP) is 8.97. The minimum Gasteiger partial charge on any atom is -0.502 e. The van der Waals surface area contributed by atoms with Gasteiger partial charge in [0.1, 0.15) is 0 Å². The van der Waals surface area contributed by atoms with Gasteiger partial charge in [0, 0.05) is 0 Å². The standard InChI is InChI=1S/C24H48O/c1-3-5-6-7-8-9-10-11-12-13-14-15-16-17-18-19-20-21-22-23-24-25-4-2/h4H,2-3,5-24H2,1H3. The van der Waals surface area contributed by atoms with Gasteiger partial charge >= 0.3 is 0 Å². The van der Waals surface area contributed by atoms with E-state index in [-0.39, 0.29) is 0 Å². The lowest BCUT2D eigenvalue weighted by molar-refractivity contribution is 0.241. The second-order valence-corrected chi connectivity index (χ2v) is 7.75. The van der Waals surface area contributed by atoms with Crippen LogP contribution >= 0.6 is 0 Å². The van der Waals surface area contributed by atoms with Gasteiger partial charge in [0.25, 0.3) is 0 Å². The first kappa shape index (κ1) is 24.5. The van der Waals surface area contributed by atoms with Gasteiger partial charge in [-0.3, -0.25) is 0 Å². The summed E-state index contributed by atoms with van der Waals surface area (Å²) in [5.74, 6) is 0. The first-order chi connectivity index (χ1) is 12.4. The molecular weight excluding hydrogens is 304 g/mol. The van der Waals surface area contributed by atoms with Crippen molar-refractivity contribution < 1.29 is 4.74 Å². The molecule has 1 heteroatoms. The van der Waals surface area contributed by atoms with Crippen molar-refractivity contribution in [2.45, 2.75) is 135 Å². The fraction of sp³-hybridized carbons (Fsp3) is 0.917. The first-order valence-electron chi connectivity index (χ1n) is 11.6. The van der Waals surface area contributed by atoms with Crippen molar-refractivity contribution in [3.05, 3.63) is 12.8 Å². The fourth-order valence-corrected chi connectivity index (χ4v) is 3.52. The lowest BCUT2D eigenvalue weighted by atomic mass is 10.0. The van der Waals surface area contributed by atoms with Gasteiger partial charge in [0.15, 0.2) is 0 Å². The number of rotatable bonds is 22. The largest absolute Gasteiger partial charge is 0.502 e. The summed E-state index contributed by atoms with van der Waals surface area (Å²) in [6.45, 7) is 6.71. The number of hydrogen-bond donors (Lipinski definition) is 0. The molecule has 0 aromatic rings. The van der Waals surface area contributed by atoms with Gasteiger partial charge in [-0.05, 0) is 6.42 Å². The van der Waals surface area contributed by atoms with Crippen LogP contribution in [0.5, 0.6) is 0 Å². The Kier molecular flexibility index (Phi) is 23.1. The van der Waals surface area contributed by atoms with E-state index in [2.05, 4.69) is 13.5 Å². The molecule has 0 spiro atoms. The predicted molar refractivity (Wildman–Crippen MR) is 114 cm³/mol. The average molecular weight is 353 g/mol. The van der Waals surface area contributed by atoms with E-state index < -0.39 is 0 Å². The van der Waals surface area contributed by atoms with E-state index in [4.69, 9.17) is 4.74 Å². The van der Waals surface area contributed by atoms with Crippen molar-refractivity contribution in [1.29, 1.82) is 0 Å². The highest BCUT2D eigenvalue weighted by atomic mass is 16.5. The van der Waals surface area contributed by atoms with Gasteiger partial charge in [0.2, 0.25) is 0 Å². The van der Waals surface area contributed by atoms with Crippen LogP contribution in [0.3, 0.4) is 0 Å². The maximum absolute atomic E-state index is 5.13. The molecule has 0 N–H and O–H groups in total. The Bertz CT molecular complexity index is 236. The highest BCUT2D eigenvalue weighted by Gasteiger charge is 1.95. The summed E-state index contributed by atoms with van der Waals surface area (Å²) in [5.41, 5.74) is 0. The molecule has 0 heterocycles. The van der Waals surface area contributed by atoms with Crippen molar-refractivity contribution in [1.82, 2.24) is 0 Å². The van der Waals surface area contributed by atoms with Gasteiger partial charge in [-0.2, -0.15) is 0 Å². The third-order valence-electron chi connectivity index (χ3n) is 5.23. The summed E-state index contributed by atoms with van der Waals surface area (Å²) >= 11 is 0. The molecule has 1 nitrogen and oxygen atoms in total. The van der Waals surface area contributed by atoms with Crippen LogP contribution in [-0.4, -0.2) is 6.61 Å². The van der Waals surface area contributed by atoms with E-state index in [9.17, 15) is 0 Å². The van der Waals surface area contributed by atoms with Crippen molar-refractivity contribution in [2.75, 3.05) is 6.61 Å². The molecular formula is C24H48O. The van der Waals surface area contributed by atoms with Crippen LogP contribution in [0.1, 0.15) is 135 Å². The van der Waals surface area contributed by atoms with E-state index in [0.717, 1.165) is 6.61 Å². The van der Waals surface area contributed by atoms with Gasteiger partial charge in [0.05, 0.1) is 12.9 Å². The highest BCUT2D eigenvalue weighted by Crippen LogP contribution is 2.14. The highest BCUT2D eigenvalue weighted by molar-refractivity contribution is 4.52. The van der Waals surface area contributed by atoms with E-state index in [1.54, 1.807) is 6.26 Å². The summed E-state index contributed by atoms with van der Waals surface area (Å²) in [7, 11) is 0. The molecule has 0 fully saturated rings. The smallest absolute Gasteiger partial charge is 0.0873 e. The molecule has 0 aliphatic carbocycles. The molecule has 0 aromatic carbocycles. The maximum atomic E-state index is 5.13. The normalized spacial score (nSPS) is 10.9. The second kappa shape index (κ2) is 23.5. The van der Waals surface area contributed by atoms with Crippen LogP contribution in [0.25, 0.3) is 0 Å². The van der Waals surface area contributed by atoms with Gasteiger partial charge in [-0.1, -0.05) is 135 Å². The van der Waals surface area contributed by atoms with Crippen LogP contribution in [-0.2, 0) is 4.74 Å². The monoisotopic (exact) mass is 352 g/mol. The van der Waals surface area contributed by atoms with Crippen LogP contribution in [0.4, 0.5) is 0 Å². The molecule has 25 heavy (non-hydrogen) atoms. The minimum absolute atomic E-state index is 0.850. The molecule has 0 atom stereocenters. The Hall–Kier alpha value is -0.460. The van der Waals surface area contributed by atoms with E-state index >= 15 is 0 Å². The van der Waals surface area contributed by atoms with Crippen LogP contribution in [0, 0.1) is 0 Å². The van der Waals surface area contributed by atoms with Crippen LogP contribution < -0.4 is 0 Å². The SMILES string of the molecule is C=COCCCCCCCCCCCCCCCCCCCCCC. The molecule has 0 aliphatic rings. The number of unbranched alkanes of at least 4 members (excludes halogenated alkanes) is 19. The molecule has 0 unspecified atom stereocenters. The van der Waals surface area contributed by atoms with Crippen LogP contribution in [0.2, 0.25) is 0 Å². The van der Waals surface area contributed by atoms with Gasteiger partial charge in [-0.15, -0.1) is 0 Å². The molecule has 0 saturated carbocycles. The Balaban J connectivity index is 2.95. The van der Waals surface area contributed by atoms with Crippen molar-refractivity contribution in [3.8, 4) is 0 Å². The summed E-state index contributed by atoms with van der Waals surface area (Å²) in [5, 5.41) is 0. The fourth-order valence-electron chi connectivity index (χ4n) is 3.52. The first-order valence-corrected chi connectivity index (χ1v) is 11.6. The zero-order valence-electron chi connectivity index (χ0n) is 17.5. The average Bonchev–Trinajstić information content (AvgIpc) is 2.63. The summed E-state index contributed by atoms with van der Waals surface area (Å²) in [6, 6.07) is 0. The lowest BCUT2D eigenvalue weighted by Crippen LogP contribution is -1.87. The molecule has 0 rings (SSSR count). The van der Waals surface area contributed by atoms with Gasteiger partial charge in [-0.25, -0.2) is 0 Å². The zero-order chi connectivity index (χ0) is 18.3. The quantitative estimate of drug-likeness (QED) is 0.139. The van der Waals surface area contributed by atoms with Gasteiger partial charge < -0.3 is 4.74 Å². The molecule has 0 radical (unpaired) electrons. The third-order valence-corrected chi connectivity index (χ3v) is 5.23. The van der Waals surface area contributed by atoms with Crippen molar-refractivity contribution in [3.63, 3.8) is 0 Å². The lowest BCUT2D eigenvalue weighted by Gasteiger charge is -2.04. The number of hydrogen-bond acceptors (Lipinski definition) is 1. The molecule has 0 aliphatic heterocycles. The molecule has 0 aromatic heterocycles. The summed E-state index contributed by atoms with van der Waals surface area (Å²) < 4.78 is 5.13. The topological polar surface area (TPSA) is 9.23 Å². The molecule has 0 saturated heterocycles. The van der Waals surface area contributed by atoms with Crippen molar-refractivity contribution in [2.24, 2.45) is 0 Å². The molecule has 0 amide bonds. The summed E-state index contributed by atoms with van der Waals surface area (Å²) in [4.78, 5) is 0. The second-order valence-electron chi connectivity index (χ2n) is 7.75. The molecule has 0 bridgehead atoms. The Morgan fingerprint density at radius 3 is 1.04 bits per heavy atom.